The zero-order chi connectivity index (χ0) is 20.2. The maximum absolute atomic E-state index is 3.97. The molecule has 5 rings (SSSR count). The second-order valence-corrected chi connectivity index (χ2v) is 8.76. The van der Waals surface area contributed by atoms with Crippen molar-refractivity contribution in [2.24, 2.45) is 0 Å². The molecule has 2 fully saturated rings. The Morgan fingerprint density at radius 2 is 1.59 bits per heavy atom. The lowest BCUT2D eigenvalue weighted by atomic mass is 10.1. The van der Waals surface area contributed by atoms with Crippen LogP contribution >= 0.6 is 0 Å². The average molecular weight is 387 g/mol. The normalized spacial score (nSPS) is 17.4. The van der Waals surface area contributed by atoms with Gasteiger partial charge in [0.05, 0.1) is 5.52 Å². The van der Waals surface area contributed by atoms with Gasteiger partial charge in [-0.3, -0.25) is 0 Å². The average Bonchev–Trinajstić information content (AvgIpc) is 3.48. The van der Waals surface area contributed by atoms with Crippen LogP contribution < -0.4 is 0 Å². The standard InChI is InChI=1S/C18H17N.C9H17N/c1-13(2)15-5-7-17(8-6-15)19-11-10-16-12-14(3)4-9-18(16)19;1-2-6-9(5-1)10-7-3-4-8-10/h4-12H,1H2,2-3H3;9H,1-8H2. The maximum atomic E-state index is 3.97. The molecule has 0 radical (unpaired) electrons. The minimum absolute atomic E-state index is 0.988. The summed E-state index contributed by atoms with van der Waals surface area (Å²) in [4.78, 5) is 2.70. The van der Waals surface area contributed by atoms with Gasteiger partial charge in [0, 0.05) is 23.3 Å². The highest BCUT2D eigenvalue weighted by Gasteiger charge is 2.24. The summed E-state index contributed by atoms with van der Waals surface area (Å²) >= 11 is 0. The van der Waals surface area contributed by atoms with E-state index >= 15 is 0 Å². The number of rotatable bonds is 3. The van der Waals surface area contributed by atoms with E-state index in [0.29, 0.717) is 0 Å². The van der Waals surface area contributed by atoms with Crippen molar-refractivity contribution in [2.45, 2.75) is 58.4 Å². The zero-order valence-corrected chi connectivity index (χ0v) is 18.0. The molecule has 2 aliphatic rings. The number of likely N-dealkylation sites (tertiary alicyclic amines) is 1. The summed E-state index contributed by atoms with van der Waals surface area (Å²) in [5.74, 6) is 0. The van der Waals surface area contributed by atoms with Gasteiger partial charge in [-0.2, -0.15) is 0 Å². The lowest BCUT2D eigenvalue weighted by Crippen LogP contribution is -2.29. The van der Waals surface area contributed by atoms with Crippen LogP contribution in [-0.2, 0) is 0 Å². The fourth-order valence-corrected chi connectivity index (χ4v) is 4.77. The van der Waals surface area contributed by atoms with Crippen LogP contribution in [0.15, 0.2) is 61.3 Å². The van der Waals surface area contributed by atoms with Gasteiger partial charge in [0.1, 0.15) is 0 Å². The largest absolute Gasteiger partial charge is 0.317 e. The van der Waals surface area contributed by atoms with Crippen LogP contribution in [-0.4, -0.2) is 28.6 Å². The molecule has 1 aliphatic carbocycles. The molecule has 3 aromatic rings. The lowest BCUT2D eigenvalue weighted by molar-refractivity contribution is 0.246. The second kappa shape index (κ2) is 9.00. The minimum Gasteiger partial charge on any atom is -0.317 e. The highest BCUT2D eigenvalue weighted by Crippen LogP contribution is 2.26. The fraction of sp³-hybridized carbons (Fsp3) is 0.407. The first-order chi connectivity index (χ1) is 14.1. The van der Waals surface area contributed by atoms with Gasteiger partial charge in [0.15, 0.2) is 0 Å². The third kappa shape index (κ3) is 4.64. The number of aromatic nitrogens is 1. The van der Waals surface area contributed by atoms with E-state index in [1.54, 1.807) is 0 Å². The number of fused-ring (bicyclic) bond motifs is 1. The number of allylic oxidation sites excluding steroid dienone is 1. The molecule has 0 spiro atoms. The van der Waals surface area contributed by atoms with Crippen molar-refractivity contribution >= 4 is 16.5 Å². The molecule has 1 aliphatic heterocycles. The van der Waals surface area contributed by atoms with Gasteiger partial charge in [0.2, 0.25) is 0 Å². The Balaban J connectivity index is 0.000000171. The Morgan fingerprint density at radius 3 is 2.24 bits per heavy atom. The summed E-state index contributed by atoms with van der Waals surface area (Å²) in [5.41, 5.74) is 6.01. The van der Waals surface area contributed by atoms with Crippen LogP contribution in [0.3, 0.4) is 0 Å². The van der Waals surface area contributed by atoms with Crippen LogP contribution in [0.1, 0.15) is 56.6 Å². The van der Waals surface area contributed by atoms with Crippen molar-refractivity contribution in [3.8, 4) is 5.69 Å². The van der Waals surface area contributed by atoms with Gasteiger partial charge in [0.25, 0.3) is 0 Å². The van der Waals surface area contributed by atoms with E-state index in [0.717, 1.165) is 11.6 Å². The Kier molecular flexibility index (Phi) is 6.20. The minimum atomic E-state index is 0.988. The Morgan fingerprint density at radius 1 is 0.897 bits per heavy atom. The van der Waals surface area contributed by atoms with Crippen molar-refractivity contribution in [3.63, 3.8) is 0 Å². The molecule has 1 saturated heterocycles. The van der Waals surface area contributed by atoms with Crippen molar-refractivity contribution in [1.29, 1.82) is 0 Å². The summed E-state index contributed by atoms with van der Waals surface area (Å²) < 4.78 is 2.22. The number of hydrogen-bond acceptors (Lipinski definition) is 1. The third-order valence-corrected chi connectivity index (χ3v) is 6.47. The summed E-state index contributed by atoms with van der Waals surface area (Å²) in [6.45, 7) is 10.9. The summed E-state index contributed by atoms with van der Waals surface area (Å²) in [7, 11) is 0. The van der Waals surface area contributed by atoms with E-state index < -0.39 is 0 Å². The molecule has 152 valence electrons. The molecule has 2 nitrogen and oxygen atoms in total. The molecule has 0 N–H and O–H groups in total. The SMILES string of the molecule is C1CCC(N2CCCC2)C1.C=C(C)c1ccc(-n2ccc3cc(C)ccc32)cc1. The van der Waals surface area contributed by atoms with Crippen LogP contribution in [0, 0.1) is 6.92 Å². The predicted octanol–water partition coefficient (Wildman–Crippen LogP) is 7.00. The molecule has 0 unspecified atom stereocenters. The zero-order valence-electron chi connectivity index (χ0n) is 18.0. The van der Waals surface area contributed by atoms with Gasteiger partial charge in [-0.1, -0.05) is 48.8 Å². The highest BCUT2D eigenvalue weighted by atomic mass is 15.2. The van der Waals surface area contributed by atoms with Crippen LogP contribution in [0.5, 0.6) is 0 Å². The van der Waals surface area contributed by atoms with Crippen LogP contribution in [0.2, 0.25) is 0 Å². The molecule has 1 aromatic heterocycles. The van der Waals surface area contributed by atoms with E-state index in [-0.39, 0.29) is 0 Å². The van der Waals surface area contributed by atoms with Gasteiger partial charge in [-0.15, -0.1) is 0 Å². The third-order valence-electron chi connectivity index (χ3n) is 6.47. The van der Waals surface area contributed by atoms with E-state index in [9.17, 15) is 0 Å². The molecule has 1 saturated carbocycles. The van der Waals surface area contributed by atoms with E-state index in [1.807, 2.05) is 6.92 Å². The van der Waals surface area contributed by atoms with Crippen LogP contribution in [0.25, 0.3) is 22.2 Å². The Labute approximate surface area is 175 Å². The first-order valence-corrected chi connectivity index (χ1v) is 11.2. The Bertz CT molecular complexity index is 938. The summed E-state index contributed by atoms with van der Waals surface area (Å²) in [5, 5.41) is 1.28. The number of aryl methyl sites for hydroxylation is 1. The molecule has 0 amide bonds. The number of benzene rings is 2. The molecular weight excluding hydrogens is 352 g/mol. The topological polar surface area (TPSA) is 8.17 Å². The fourth-order valence-electron chi connectivity index (χ4n) is 4.77. The molecular formula is C27H34N2. The van der Waals surface area contributed by atoms with E-state index in [4.69, 9.17) is 0 Å². The van der Waals surface area contributed by atoms with E-state index in [1.165, 1.54) is 79.3 Å². The van der Waals surface area contributed by atoms with Gasteiger partial charge < -0.3 is 9.47 Å². The van der Waals surface area contributed by atoms with Gasteiger partial charge in [-0.05, 0) is 88.5 Å². The highest BCUT2D eigenvalue weighted by molar-refractivity contribution is 5.82. The maximum Gasteiger partial charge on any atom is 0.0528 e. The first-order valence-electron chi connectivity index (χ1n) is 11.2. The first kappa shape index (κ1) is 20.0. The predicted molar refractivity (Wildman–Crippen MR) is 126 cm³/mol. The van der Waals surface area contributed by atoms with Crippen LogP contribution in [0.4, 0.5) is 0 Å². The monoisotopic (exact) mass is 386 g/mol. The molecule has 0 atom stereocenters. The molecule has 29 heavy (non-hydrogen) atoms. The molecule has 2 heterocycles. The quantitative estimate of drug-likeness (QED) is 0.470. The van der Waals surface area contributed by atoms with Crippen molar-refractivity contribution in [1.82, 2.24) is 9.47 Å². The molecule has 2 heteroatoms. The van der Waals surface area contributed by atoms with Crippen molar-refractivity contribution in [3.05, 3.63) is 72.4 Å². The molecule has 2 aromatic carbocycles. The van der Waals surface area contributed by atoms with E-state index in [2.05, 4.69) is 77.7 Å². The number of hydrogen-bond donors (Lipinski definition) is 0. The molecule has 0 bridgehead atoms. The van der Waals surface area contributed by atoms with Gasteiger partial charge >= 0.3 is 0 Å². The Hall–Kier alpha value is -2.32. The van der Waals surface area contributed by atoms with Crippen molar-refractivity contribution < 1.29 is 0 Å². The second-order valence-electron chi connectivity index (χ2n) is 8.76. The number of nitrogens with zero attached hydrogens (tertiary/aromatic N) is 2. The summed E-state index contributed by atoms with van der Waals surface area (Å²) in [6.07, 6.45) is 11.0. The smallest absolute Gasteiger partial charge is 0.0528 e. The lowest BCUT2D eigenvalue weighted by Gasteiger charge is -2.22. The van der Waals surface area contributed by atoms with Gasteiger partial charge in [-0.25, -0.2) is 0 Å². The van der Waals surface area contributed by atoms with Crippen molar-refractivity contribution in [2.75, 3.05) is 13.1 Å². The summed E-state index contributed by atoms with van der Waals surface area (Å²) in [6, 6.07) is 18.2.